The van der Waals surface area contributed by atoms with Gasteiger partial charge in [-0.15, -0.1) is 4.68 Å². The minimum absolute atomic E-state index is 0.336. The van der Waals surface area contributed by atoms with E-state index in [0.717, 1.165) is 24.8 Å². The van der Waals surface area contributed by atoms with Gasteiger partial charge < -0.3 is 0 Å². The largest absolute Gasteiger partial charge is 0.222 e. The Morgan fingerprint density at radius 1 is 1.06 bits per heavy atom. The minimum Gasteiger partial charge on any atom is -0.137 e. The molecule has 0 saturated heterocycles. The molecule has 1 aliphatic rings. The van der Waals surface area contributed by atoms with Gasteiger partial charge in [-0.3, -0.25) is 0 Å². The average Bonchev–Trinajstić information content (AvgIpc) is 2.69. The van der Waals surface area contributed by atoms with Crippen LogP contribution in [0, 0.1) is 11.8 Å². The summed E-state index contributed by atoms with van der Waals surface area (Å²) in [6.45, 7) is 10.1. The molecule has 0 amide bonds. The molecule has 0 radical (unpaired) electrons. The van der Waals surface area contributed by atoms with Crippen LogP contribution in [0.1, 0.15) is 59.8 Å². The summed E-state index contributed by atoms with van der Waals surface area (Å²) < 4.78 is 2.03. The molecule has 1 heterocycles. The van der Waals surface area contributed by atoms with Crippen LogP contribution >= 0.6 is 0 Å². The summed E-state index contributed by atoms with van der Waals surface area (Å²) in [7, 11) is 0. The molecule has 0 spiro atoms. The van der Waals surface area contributed by atoms with Gasteiger partial charge in [0, 0.05) is 11.5 Å². The Hall–Kier alpha value is -0.730. The minimum atomic E-state index is 0.336. The van der Waals surface area contributed by atoms with E-state index < -0.39 is 0 Å². The molecule has 0 fully saturated rings. The van der Waals surface area contributed by atoms with Gasteiger partial charge in [0.1, 0.15) is 18.0 Å². The number of hydrogen-bond donors (Lipinski definition) is 0. The van der Waals surface area contributed by atoms with E-state index in [-0.39, 0.29) is 0 Å². The number of nitrogens with zero attached hydrogens (tertiary/aromatic N) is 3. The lowest BCUT2D eigenvalue weighted by molar-refractivity contribution is -0.532. The molecule has 17 heavy (non-hydrogen) atoms. The van der Waals surface area contributed by atoms with Gasteiger partial charge in [-0.25, -0.2) is 0 Å². The van der Waals surface area contributed by atoms with E-state index in [1.165, 1.54) is 25.7 Å². The molecular formula is C14H28N3+. The Morgan fingerprint density at radius 3 is 2.41 bits per heavy atom. The molecule has 0 saturated carbocycles. The van der Waals surface area contributed by atoms with Gasteiger partial charge in [0.05, 0.1) is 0 Å². The Kier molecular flexibility index (Phi) is 6.38. The zero-order valence-electron chi connectivity index (χ0n) is 11.9. The standard InChI is InChI=1S/C14H28N3/c1-12(2)7-5-6-10-17-11-14(15-16-17)9-8-13(3)4/h11-14H,5-10H2,1-4H3/q+1. The van der Waals surface area contributed by atoms with E-state index in [1.54, 1.807) is 0 Å². The van der Waals surface area contributed by atoms with Crippen molar-refractivity contribution in [1.82, 2.24) is 0 Å². The molecular weight excluding hydrogens is 210 g/mol. The van der Waals surface area contributed by atoms with Crippen molar-refractivity contribution in [3.63, 3.8) is 0 Å². The van der Waals surface area contributed by atoms with Gasteiger partial charge in [0.2, 0.25) is 6.04 Å². The molecule has 3 nitrogen and oxygen atoms in total. The van der Waals surface area contributed by atoms with Gasteiger partial charge in [-0.05, 0) is 31.1 Å². The summed E-state index contributed by atoms with van der Waals surface area (Å²) in [6, 6.07) is 0.336. The Bertz CT molecular complexity index is 267. The summed E-state index contributed by atoms with van der Waals surface area (Å²) in [5.74, 6) is 1.58. The summed E-state index contributed by atoms with van der Waals surface area (Å²) in [4.78, 5) is 0. The Morgan fingerprint density at radius 2 is 1.76 bits per heavy atom. The number of unbranched alkanes of at least 4 members (excludes halogenated alkanes) is 1. The fourth-order valence-corrected chi connectivity index (χ4v) is 1.97. The Labute approximate surface area is 106 Å². The van der Waals surface area contributed by atoms with Gasteiger partial charge in [-0.1, -0.05) is 34.1 Å². The summed E-state index contributed by atoms with van der Waals surface area (Å²) in [5, 5.41) is 8.51. The van der Waals surface area contributed by atoms with E-state index in [9.17, 15) is 0 Å². The van der Waals surface area contributed by atoms with Crippen molar-refractivity contribution >= 4 is 6.21 Å². The molecule has 98 valence electrons. The lowest BCUT2D eigenvalue weighted by Gasteiger charge is -2.02. The molecule has 0 aromatic rings. The van der Waals surface area contributed by atoms with Crippen LogP contribution in [0.2, 0.25) is 0 Å². The molecule has 1 rings (SSSR count). The molecule has 0 aromatic heterocycles. The van der Waals surface area contributed by atoms with Crippen molar-refractivity contribution in [2.45, 2.75) is 65.8 Å². The lowest BCUT2D eigenvalue weighted by Crippen LogP contribution is -2.11. The van der Waals surface area contributed by atoms with Gasteiger partial charge in [0.25, 0.3) is 0 Å². The predicted octanol–water partition coefficient (Wildman–Crippen LogP) is 4.08. The molecule has 1 unspecified atom stereocenters. The SMILES string of the molecule is CC(C)CCCC[N+]1=CC(CCC(C)C)N=N1. The van der Waals surface area contributed by atoms with Crippen molar-refractivity contribution < 1.29 is 4.68 Å². The van der Waals surface area contributed by atoms with Crippen LogP contribution in [0.15, 0.2) is 10.3 Å². The second-order valence-electron chi connectivity index (χ2n) is 5.95. The highest BCUT2D eigenvalue weighted by atomic mass is 15.5. The van der Waals surface area contributed by atoms with Crippen LogP contribution in [0.5, 0.6) is 0 Å². The molecule has 3 heteroatoms. The Balaban J connectivity index is 2.14. The zero-order chi connectivity index (χ0) is 12.7. The maximum absolute atomic E-state index is 4.30. The molecule has 1 atom stereocenters. The van der Waals surface area contributed by atoms with Crippen LogP contribution in [0.25, 0.3) is 0 Å². The fourth-order valence-electron chi connectivity index (χ4n) is 1.97. The van der Waals surface area contributed by atoms with Crippen molar-refractivity contribution in [2.75, 3.05) is 6.54 Å². The predicted molar refractivity (Wildman–Crippen MR) is 72.6 cm³/mol. The zero-order valence-corrected chi connectivity index (χ0v) is 11.9. The third kappa shape index (κ3) is 6.54. The van der Waals surface area contributed by atoms with Crippen molar-refractivity contribution in [2.24, 2.45) is 22.2 Å². The average molecular weight is 238 g/mol. The third-order valence-corrected chi connectivity index (χ3v) is 3.12. The van der Waals surface area contributed by atoms with Gasteiger partial charge in [-0.2, -0.15) is 0 Å². The first-order valence-corrected chi connectivity index (χ1v) is 7.10. The maximum Gasteiger partial charge on any atom is 0.222 e. The van der Waals surface area contributed by atoms with Crippen LogP contribution < -0.4 is 0 Å². The number of hydrogen-bond acceptors (Lipinski definition) is 2. The summed E-state index contributed by atoms with van der Waals surface area (Å²) in [6.07, 6.45) is 8.42. The van der Waals surface area contributed by atoms with Crippen LogP contribution in [-0.4, -0.2) is 23.5 Å². The monoisotopic (exact) mass is 238 g/mol. The lowest BCUT2D eigenvalue weighted by atomic mass is 10.0. The second kappa shape index (κ2) is 7.57. The second-order valence-corrected chi connectivity index (χ2v) is 5.95. The van der Waals surface area contributed by atoms with Crippen molar-refractivity contribution in [3.05, 3.63) is 0 Å². The van der Waals surface area contributed by atoms with E-state index in [0.29, 0.717) is 6.04 Å². The van der Waals surface area contributed by atoms with Crippen LogP contribution in [-0.2, 0) is 0 Å². The van der Waals surface area contributed by atoms with Crippen LogP contribution in [0.3, 0.4) is 0 Å². The van der Waals surface area contributed by atoms with E-state index in [2.05, 4.69) is 44.2 Å². The highest BCUT2D eigenvalue weighted by Gasteiger charge is 2.21. The van der Waals surface area contributed by atoms with E-state index >= 15 is 0 Å². The molecule has 0 aromatic carbocycles. The highest BCUT2D eigenvalue weighted by molar-refractivity contribution is 5.59. The first-order valence-electron chi connectivity index (χ1n) is 7.10. The maximum atomic E-state index is 4.30. The number of rotatable bonds is 8. The van der Waals surface area contributed by atoms with Crippen molar-refractivity contribution in [1.29, 1.82) is 0 Å². The van der Waals surface area contributed by atoms with E-state index in [1.807, 2.05) is 4.68 Å². The van der Waals surface area contributed by atoms with Gasteiger partial charge in [0.15, 0.2) is 0 Å². The first kappa shape index (κ1) is 14.3. The molecule has 0 bridgehead atoms. The molecule has 0 aliphatic carbocycles. The first-order chi connectivity index (χ1) is 8.08. The van der Waals surface area contributed by atoms with Crippen LogP contribution in [0.4, 0.5) is 0 Å². The van der Waals surface area contributed by atoms with E-state index in [4.69, 9.17) is 0 Å². The quantitative estimate of drug-likeness (QED) is 0.450. The molecule has 1 aliphatic heterocycles. The fraction of sp³-hybridized carbons (Fsp3) is 0.929. The summed E-state index contributed by atoms with van der Waals surface area (Å²) in [5.41, 5.74) is 0. The topological polar surface area (TPSA) is 27.7 Å². The highest BCUT2D eigenvalue weighted by Crippen LogP contribution is 2.12. The summed E-state index contributed by atoms with van der Waals surface area (Å²) >= 11 is 0. The third-order valence-electron chi connectivity index (χ3n) is 3.12. The smallest absolute Gasteiger partial charge is 0.137 e. The molecule has 0 N–H and O–H groups in total. The normalized spacial score (nSPS) is 19.4. The van der Waals surface area contributed by atoms with Crippen molar-refractivity contribution in [3.8, 4) is 0 Å². The van der Waals surface area contributed by atoms with Gasteiger partial charge >= 0.3 is 0 Å².